The average Bonchev–Trinajstić information content (AvgIpc) is 1.82. The van der Waals surface area contributed by atoms with Gasteiger partial charge in [-0.15, -0.1) is 0 Å². The molecular weight excluding hydrogens is 178 g/mol. The number of halogens is 1. The standard InChI is InChI=1S/C8H15NO2.ClH/c1-5(2)6-3-4-8(6,9)7(10)11;/h5-6H,3-4,9H2,1-2H3,(H,10,11);1H/t6-,8-;/m0./s1. The lowest BCUT2D eigenvalue weighted by Gasteiger charge is -2.41. The summed E-state index contributed by atoms with van der Waals surface area (Å²) in [5.74, 6) is -0.0141. The van der Waals surface area contributed by atoms with Crippen molar-refractivity contribution < 1.29 is 28.0 Å². The second kappa shape index (κ2) is 3.62. The summed E-state index contributed by atoms with van der Waals surface area (Å²) in [6, 6.07) is 0. The molecule has 1 saturated carbocycles. The van der Waals surface area contributed by atoms with Crippen LogP contribution in [0.1, 0.15) is 26.7 Å². The van der Waals surface area contributed by atoms with E-state index in [1.54, 1.807) is 0 Å². The third kappa shape index (κ3) is 1.57. The Morgan fingerprint density at radius 2 is 2.17 bits per heavy atom. The van der Waals surface area contributed by atoms with Crippen molar-refractivity contribution in [3.63, 3.8) is 0 Å². The molecule has 0 aromatic carbocycles. The van der Waals surface area contributed by atoms with Gasteiger partial charge in [0.1, 0.15) is 0 Å². The molecule has 12 heavy (non-hydrogen) atoms. The van der Waals surface area contributed by atoms with Gasteiger partial charge in [0.2, 0.25) is 0 Å². The Balaban J connectivity index is 0.00000121. The molecule has 0 heterocycles. The van der Waals surface area contributed by atoms with Gasteiger partial charge in [0.15, 0.2) is 5.54 Å². The average molecular weight is 194 g/mol. The topological polar surface area (TPSA) is 64.9 Å². The van der Waals surface area contributed by atoms with Crippen LogP contribution in [-0.4, -0.2) is 16.6 Å². The highest BCUT2D eigenvalue weighted by Crippen LogP contribution is 2.39. The molecule has 4 N–H and O–H groups in total. The van der Waals surface area contributed by atoms with E-state index in [0.29, 0.717) is 5.92 Å². The fourth-order valence-corrected chi connectivity index (χ4v) is 1.90. The zero-order valence-electron chi connectivity index (χ0n) is 7.51. The van der Waals surface area contributed by atoms with E-state index in [1.807, 2.05) is 0 Å². The van der Waals surface area contributed by atoms with Crippen LogP contribution < -0.4 is 18.1 Å². The summed E-state index contributed by atoms with van der Waals surface area (Å²) < 4.78 is 0. The van der Waals surface area contributed by atoms with E-state index in [4.69, 9.17) is 5.11 Å². The minimum absolute atomic E-state index is 0. The van der Waals surface area contributed by atoms with Gasteiger partial charge in [0.05, 0.1) is 0 Å². The second-order valence-electron chi connectivity index (χ2n) is 3.85. The zero-order valence-corrected chi connectivity index (χ0v) is 8.27. The summed E-state index contributed by atoms with van der Waals surface area (Å²) in [6.07, 6.45) is 1.76. The lowest BCUT2D eigenvalue weighted by Crippen LogP contribution is -3.00. The molecule has 1 aliphatic carbocycles. The molecule has 0 amide bonds. The van der Waals surface area contributed by atoms with Gasteiger partial charge >= 0.3 is 5.97 Å². The summed E-state index contributed by atoms with van der Waals surface area (Å²) in [4.78, 5) is 10.8. The number of aliphatic carboxylic acids is 1. The van der Waals surface area contributed by atoms with Gasteiger partial charge in [-0.1, -0.05) is 13.8 Å². The summed E-state index contributed by atoms with van der Waals surface area (Å²) in [5.41, 5.74) is 3.11. The van der Waals surface area contributed by atoms with Gasteiger partial charge in [-0.25, -0.2) is 4.79 Å². The molecule has 2 atom stereocenters. The molecule has 0 aromatic heterocycles. The van der Waals surface area contributed by atoms with Crippen LogP contribution in [0.2, 0.25) is 0 Å². The Morgan fingerprint density at radius 3 is 2.25 bits per heavy atom. The van der Waals surface area contributed by atoms with Gasteiger partial charge in [0, 0.05) is 12.3 Å². The van der Waals surface area contributed by atoms with Crippen molar-refractivity contribution in [1.82, 2.24) is 0 Å². The normalized spacial score (nSPS) is 33.8. The van der Waals surface area contributed by atoms with Gasteiger partial charge in [0.25, 0.3) is 0 Å². The molecule has 0 radical (unpaired) electrons. The molecule has 72 valence electrons. The predicted octanol–water partition coefficient (Wildman–Crippen LogP) is -2.88. The van der Waals surface area contributed by atoms with Gasteiger partial charge in [-0.3, -0.25) is 0 Å². The second-order valence-corrected chi connectivity index (χ2v) is 3.85. The van der Waals surface area contributed by atoms with E-state index in [9.17, 15) is 4.79 Å². The van der Waals surface area contributed by atoms with Crippen LogP contribution in [0.3, 0.4) is 0 Å². The predicted molar refractivity (Wildman–Crippen MR) is 40.8 cm³/mol. The third-order valence-corrected chi connectivity index (χ3v) is 2.84. The number of hydrogen-bond acceptors (Lipinski definition) is 1. The van der Waals surface area contributed by atoms with Gasteiger partial charge < -0.3 is 23.2 Å². The summed E-state index contributed by atoms with van der Waals surface area (Å²) in [6.45, 7) is 4.12. The Kier molecular flexibility index (Phi) is 3.54. The zero-order chi connectivity index (χ0) is 8.65. The number of carboxylic acid groups (broad SMARTS) is 1. The summed E-state index contributed by atoms with van der Waals surface area (Å²) in [5, 5.41) is 8.85. The fraction of sp³-hybridized carbons (Fsp3) is 0.875. The molecule has 0 saturated heterocycles. The maximum atomic E-state index is 10.8. The number of rotatable bonds is 2. The van der Waals surface area contributed by atoms with E-state index in [2.05, 4.69) is 19.6 Å². The van der Waals surface area contributed by atoms with Crippen LogP contribution in [0.4, 0.5) is 0 Å². The van der Waals surface area contributed by atoms with Crippen LogP contribution in [0.15, 0.2) is 0 Å². The molecule has 1 fully saturated rings. The number of quaternary nitrogens is 1. The first kappa shape index (κ1) is 11.7. The number of carboxylic acids is 1. The lowest BCUT2D eigenvalue weighted by atomic mass is 9.62. The third-order valence-electron chi connectivity index (χ3n) is 2.84. The minimum Gasteiger partial charge on any atom is -1.00 e. The quantitative estimate of drug-likeness (QED) is 0.495. The van der Waals surface area contributed by atoms with E-state index in [0.717, 1.165) is 12.8 Å². The molecule has 1 aliphatic rings. The van der Waals surface area contributed by atoms with E-state index in [1.165, 1.54) is 0 Å². The first-order chi connectivity index (χ1) is 4.98. The molecule has 0 unspecified atom stereocenters. The SMILES string of the molecule is CC(C)[C@@H]1CC[C@@]1([NH3+])C(=O)O.[Cl-]. The van der Waals surface area contributed by atoms with Crippen molar-refractivity contribution in [2.45, 2.75) is 32.2 Å². The van der Waals surface area contributed by atoms with Crippen molar-refractivity contribution in [1.29, 1.82) is 0 Å². The number of carbonyl (C=O) groups is 1. The molecule has 0 aliphatic heterocycles. The maximum absolute atomic E-state index is 10.8. The maximum Gasteiger partial charge on any atom is 0.365 e. The van der Waals surface area contributed by atoms with Crippen LogP contribution in [0.5, 0.6) is 0 Å². The molecule has 1 rings (SSSR count). The van der Waals surface area contributed by atoms with E-state index < -0.39 is 11.5 Å². The largest absolute Gasteiger partial charge is 1.00 e. The Hall–Kier alpha value is -0.280. The van der Waals surface area contributed by atoms with Crippen LogP contribution >= 0.6 is 0 Å². The monoisotopic (exact) mass is 193 g/mol. The Labute approximate surface area is 78.7 Å². The molecular formula is C8H16ClNO2. The molecule has 3 nitrogen and oxygen atoms in total. The highest BCUT2D eigenvalue weighted by atomic mass is 35.5. The van der Waals surface area contributed by atoms with Gasteiger partial charge in [-0.2, -0.15) is 0 Å². The summed E-state index contributed by atoms with van der Waals surface area (Å²) >= 11 is 0. The summed E-state index contributed by atoms with van der Waals surface area (Å²) in [7, 11) is 0. The minimum atomic E-state index is -0.734. The highest BCUT2D eigenvalue weighted by molar-refractivity contribution is 5.78. The number of hydrogen-bond donors (Lipinski definition) is 2. The highest BCUT2D eigenvalue weighted by Gasteiger charge is 2.54. The first-order valence-electron chi connectivity index (χ1n) is 4.07. The van der Waals surface area contributed by atoms with E-state index in [-0.39, 0.29) is 18.3 Å². The smallest absolute Gasteiger partial charge is 0.365 e. The van der Waals surface area contributed by atoms with Crippen LogP contribution in [-0.2, 0) is 4.79 Å². The molecule has 0 aromatic rings. The molecule has 4 heteroatoms. The van der Waals surface area contributed by atoms with Crippen LogP contribution in [0, 0.1) is 11.8 Å². The van der Waals surface area contributed by atoms with Crippen molar-refractivity contribution in [2.24, 2.45) is 11.8 Å². The molecule has 0 spiro atoms. The molecule has 0 bridgehead atoms. The van der Waals surface area contributed by atoms with E-state index >= 15 is 0 Å². The Morgan fingerprint density at radius 1 is 1.67 bits per heavy atom. The van der Waals surface area contributed by atoms with Crippen LogP contribution in [0.25, 0.3) is 0 Å². The lowest BCUT2D eigenvalue weighted by molar-refractivity contribution is -0.501. The van der Waals surface area contributed by atoms with Crippen molar-refractivity contribution >= 4 is 5.97 Å². The fourth-order valence-electron chi connectivity index (χ4n) is 1.90. The Bertz CT molecular complexity index is 184. The van der Waals surface area contributed by atoms with Gasteiger partial charge in [-0.05, 0) is 12.3 Å². The van der Waals surface area contributed by atoms with Crippen molar-refractivity contribution in [2.75, 3.05) is 0 Å². The van der Waals surface area contributed by atoms with Crippen molar-refractivity contribution in [3.8, 4) is 0 Å². The van der Waals surface area contributed by atoms with Crippen molar-refractivity contribution in [3.05, 3.63) is 0 Å². The first-order valence-corrected chi connectivity index (χ1v) is 4.07.